The third-order valence-corrected chi connectivity index (χ3v) is 4.29. The average Bonchev–Trinajstić information content (AvgIpc) is 2.78. The molecular formula is C19H22. The number of hydrogen-bond acceptors (Lipinski definition) is 0. The van der Waals surface area contributed by atoms with Crippen molar-refractivity contribution in [3.63, 3.8) is 0 Å². The van der Waals surface area contributed by atoms with Crippen molar-refractivity contribution in [2.45, 2.75) is 38.5 Å². The molecule has 2 atom stereocenters. The maximum Gasteiger partial charge on any atom is 0.00979 e. The van der Waals surface area contributed by atoms with E-state index in [1.165, 1.54) is 18.4 Å². The van der Waals surface area contributed by atoms with Crippen LogP contribution in [-0.2, 0) is 0 Å². The van der Waals surface area contributed by atoms with Gasteiger partial charge in [0.2, 0.25) is 0 Å². The van der Waals surface area contributed by atoms with Gasteiger partial charge in [0.05, 0.1) is 0 Å². The zero-order chi connectivity index (χ0) is 13.2. The van der Waals surface area contributed by atoms with Gasteiger partial charge in [-0.2, -0.15) is 0 Å². The van der Waals surface area contributed by atoms with Crippen LogP contribution in [0, 0.1) is 5.92 Å². The van der Waals surface area contributed by atoms with Crippen molar-refractivity contribution in [3.8, 4) is 0 Å². The largest absolute Gasteiger partial charge is 0.0628 e. The normalized spacial score (nSPS) is 21.6. The van der Waals surface area contributed by atoms with E-state index in [2.05, 4.69) is 68.4 Å². The molecule has 2 aromatic carbocycles. The van der Waals surface area contributed by atoms with E-state index in [-0.39, 0.29) is 0 Å². The molecular weight excluding hydrogens is 228 g/mol. The molecule has 0 nitrogen and oxygen atoms in total. The van der Waals surface area contributed by atoms with Crippen LogP contribution in [0.4, 0.5) is 0 Å². The van der Waals surface area contributed by atoms with Gasteiger partial charge in [0.15, 0.2) is 0 Å². The van der Waals surface area contributed by atoms with Crippen molar-refractivity contribution in [2.75, 3.05) is 0 Å². The third-order valence-electron chi connectivity index (χ3n) is 4.29. The van der Waals surface area contributed by atoms with Crippen molar-refractivity contribution in [1.29, 1.82) is 0 Å². The quantitative estimate of drug-likeness (QED) is 0.688. The van der Waals surface area contributed by atoms with E-state index >= 15 is 0 Å². The lowest BCUT2D eigenvalue weighted by Crippen LogP contribution is -1.99. The highest BCUT2D eigenvalue weighted by Gasteiger charge is 2.31. The van der Waals surface area contributed by atoms with Crippen molar-refractivity contribution in [3.05, 3.63) is 71.3 Å². The molecule has 2 aromatic rings. The van der Waals surface area contributed by atoms with Gasteiger partial charge in [-0.25, -0.2) is 0 Å². The molecule has 0 bridgehead atoms. The van der Waals surface area contributed by atoms with Gasteiger partial charge in [0.1, 0.15) is 0 Å². The SMILES string of the molecule is CC(C)CC1CC(c2ccccc2)c2ccccc21. The third kappa shape index (κ3) is 2.45. The molecule has 0 heterocycles. The lowest BCUT2D eigenvalue weighted by atomic mass is 9.90. The fraction of sp³-hybridized carbons (Fsp3) is 0.368. The Hall–Kier alpha value is -1.56. The molecule has 2 unspecified atom stereocenters. The molecule has 0 saturated carbocycles. The Bertz CT molecular complexity index is 539. The van der Waals surface area contributed by atoms with Crippen molar-refractivity contribution in [1.82, 2.24) is 0 Å². The second-order valence-corrected chi connectivity index (χ2v) is 6.15. The summed E-state index contributed by atoms with van der Waals surface area (Å²) in [4.78, 5) is 0. The van der Waals surface area contributed by atoms with Crippen molar-refractivity contribution >= 4 is 0 Å². The molecule has 98 valence electrons. The summed E-state index contributed by atoms with van der Waals surface area (Å²) in [5, 5.41) is 0. The first-order chi connectivity index (χ1) is 9.25. The van der Waals surface area contributed by atoms with Crippen molar-refractivity contribution < 1.29 is 0 Å². The van der Waals surface area contributed by atoms with E-state index < -0.39 is 0 Å². The topological polar surface area (TPSA) is 0 Å². The highest BCUT2D eigenvalue weighted by Crippen LogP contribution is 2.47. The molecule has 0 aromatic heterocycles. The Labute approximate surface area is 116 Å². The summed E-state index contributed by atoms with van der Waals surface area (Å²) in [6, 6.07) is 20.0. The molecule has 0 aliphatic heterocycles. The number of rotatable bonds is 3. The minimum Gasteiger partial charge on any atom is -0.0628 e. The standard InChI is InChI=1S/C19H22/c1-14(2)12-16-13-19(15-8-4-3-5-9-15)18-11-7-6-10-17(16)18/h3-11,14,16,19H,12-13H2,1-2H3. The Morgan fingerprint density at radius 3 is 2.21 bits per heavy atom. The molecule has 0 saturated heterocycles. The first kappa shape index (κ1) is 12.5. The molecule has 3 rings (SSSR count). The van der Waals surface area contributed by atoms with Crippen LogP contribution in [0.25, 0.3) is 0 Å². The van der Waals surface area contributed by atoms with Crippen LogP contribution in [0.1, 0.15) is 55.2 Å². The predicted molar refractivity (Wildman–Crippen MR) is 81.5 cm³/mol. The highest BCUT2D eigenvalue weighted by molar-refractivity contribution is 5.44. The first-order valence-electron chi connectivity index (χ1n) is 7.39. The summed E-state index contributed by atoms with van der Waals surface area (Å²) in [5.74, 6) is 2.11. The number of benzene rings is 2. The monoisotopic (exact) mass is 250 g/mol. The van der Waals surface area contributed by atoms with E-state index in [0.29, 0.717) is 5.92 Å². The maximum atomic E-state index is 2.34. The molecule has 0 N–H and O–H groups in total. The average molecular weight is 250 g/mol. The van der Waals surface area contributed by atoms with E-state index in [0.717, 1.165) is 11.8 Å². The zero-order valence-corrected chi connectivity index (χ0v) is 11.8. The highest BCUT2D eigenvalue weighted by atomic mass is 14.3. The fourth-order valence-corrected chi connectivity index (χ4v) is 3.53. The van der Waals surface area contributed by atoms with Gasteiger partial charge in [-0.1, -0.05) is 68.4 Å². The van der Waals surface area contributed by atoms with E-state index in [1.54, 1.807) is 11.1 Å². The van der Waals surface area contributed by atoms with Gasteiger partial charge in [-0.05, 0) is 41.4 Å². The first-order valence-corrected chi connectivity index (χ1v) is 7.39. The lowest BCUT2D eigenvalue weighted by Gasteiger charge is -2.14. The van der Waals surface area contributed by atoms with Crippen LogP contribution in [-0.4, -0.2) is 0 Å². The van der Waals surface area contributed by atoms with Gasteiger partial charge in [-0.3, -0.25) is 0 Å². The van der Waals surface area contributed by atoms with Gasteiger partial charge in [0.25, 0.3) is 0 Å². The lowest BCUT2D eigenvalue weighted by molar-refractivity contribution is 0.486. The molecule has 0 heteroatoms. The van der Waals surface area contributed by atoms with E-state index in [9.17, 15) is 0 Å². The van der Waals surface area contributed by atoms with Gasteiger partial charge >= 0.3 is 0 Å². The summed E-state index contributed by atoms with van der Waals surface area (Å²) in [7, 11) is 0. The Morgan fingerprint density at radius 1 is 0.895 bits per heavy atom. The van der Waals surface area contributed by atoms with Crippen LogP contribution in [0.5, 0.6) is 0 Å². The van der Waals surface area contributed by atoms with Crippen molar-refractivity contribution in [2.24, 2.45) is 5.92 Å². The van der Waals surface area contributed by atoms with E-state index in [4.69, 9.17) is 0 Å². The minimum absolute atomic E-state index is 0.598. The second-order valence-electron chi connectivity index (χ2n) is 6.15. The minimum atomic E-state index is 0.598. The van der Waals surface area contributed by atoms with Crippen LogP contribution < -0.4 is 0 Å². The van der Waals surface area contributed by atoms with Gasteiger partial charge in [0, 0.05) is 5.92 Å². The Balaban J connectivity index is 1.97. The summed E-state index contributed by atoms with van der Waals surface area (Å²) < 4.78 is 0. The maximum absolute atomic E-state index is 2.34. The predicted octanol–water partition coefficient (Wildman–Crippen LogP) is 5.35. The molecule has 1 aliphatic rings. The zero-order valence-electron chi connectivity index (χ0n) is 11.8. The summed E-state index contributed by atoms with van der Waals surface area (Å²) >= 11 is 0. The number of fused-ring (bicyclic) bond motifs is 1. The van der Waals surface area contributed by atoms with Crippen LogP contribution in [0.2, 0.25) is 0 Å². The molecule has 0 radical (unpaired) electrons. The molecule has 0 fully saturated rings. The molecule has 1 aliphatic carbocycles. The van der Waals surface area contributed by atoms with Gasteiger partial charge < -0.3 is 0 Å². The second kappa shape index (κ2) is 5.21. The summed E-state index contributed by atoms with van der Waals surface area (Å²) in [6.07, 6.45) is 2.59. The van der Waals surface area contributed by atoms with Crippen LogP contribution in [0.3, 0.4) is 0 Å². The molecule has 19 heavy (non-hydrogen) atoms. The Kier molecular flexibility index (Phi) is 3.42. The fourth-order valence-electron chi connectivity index (χ4n) is 3.53. The molecule has 0 amide bonds. The Morgan fingerprint density at radius 2 is 1.53 bits per heavy atom. The van der Waals surface area contributed by atoms with Crippen LogP contribution >= 0.6 is 0 Å². The summed E-state index contributed by atoms with van der Waals surface area (Å²) in [5.41, 5.74) is 4.62. The van der Waals surface area contributed by atoms with Gasteiger partial charge in [-0.15, -0.1) is 0 Å². The van der Waals surface area contributed by atoms with E-state index in [1.807, 2.05) is 0 Å². The smallest absolute Gasteiger partial charge is 0.00979 e. The summed E-state index contributed by atoms with van der Waals surface area (Å²) in [6.45, 7) is 4.66. The van der Waals surface area contributed by atoms with Crippen LogP contribution in [0.15, 0.2) is 54.6 Å². The number of hydrogen-bond donors (Lipinski definition) is 0. The molecule has 0 spiro atoms.